The van der Waals surface area contributed by atoms with Gasteiger partial charge in [0.2, 0.25) is 0 Å². The maximum absolute atomic E-state index is 13.4. The van der Waals surface area contributed by atoms with E-state index in [1.54, 1.807) is 25.1 Å². The summed E-state index contributed by atoms with van der Waals surface area (Å²) in [6.07, 6.45) is 0. The molecule has 1 aromatic rings. The molecule has 0 aliphatic rings. The van der Waals surface area contributed by atoms with Crippen molar-refractivity contribution < 1.29 is 22.8 Å². The minimum atomic E-state index is -3.31. The molecule has 2 atom stereocenters. The molecule has 0 aliphatic heterocycles. The number of nitrogens with one attached hydrogen (secondary N) is 1. The Labute approximate surface area is 113 Å². The Bertz CT molecular complexity index is 406. The van der Waals surface area contributed by atoms with E-state index in [2.05, 4.69) is 4.72 Å². The molecule has 3 nitrogen and oxygen atoms in total. The highest BCUT2D eigenvalue weighted by Gasteiger charge is 2.30. The Morgan fingerprint density at radius 3 is 2.63 bits per heavy atom. The first-order valence-electron chi connectivity index (χ1n) is 5.70. The lowest BCUT2D eigenvalue weighted by atomic mass is 10.0. The van der Waals surface area contributed by atoms with Gasteiger partial charge in [-0.1, -0.05) is 25.1 Å². The Balaban J connectivity index is 2.49. The highest BCUT2D eigenvalue weighted by Crippen LogP contribution is 2.20. The molecule has 0 spiro atoms. The maximum Gasteiger partial charge on any atom is 0.287 e. The van der Waals surface area contributed by atoms with Crippen LogP contribution in [0.15, 0.2) is 24.3 Å². The second-order valence-electron chi connectivity index (χ2n) is 4.27. The van der Waals surface area contributed by atoms with Gasteiger partial charge in [-0.3, -0.25) is 0 Å². The molecule has 1 rings (SSSR count). The quantitative estimate of drug-likeness (QED) is 0.754. The van der Waals surface area contributed by atoms with Crippen LogP contribution in [0.3, 0.4) is 0 Å². The average Bonchev–Trinajstić information content (AvgIpc) is 2.37. The van der Waals surface area contributed by atoms with E-state index in [4.69, 9.17) is 5.11 Å². The monoisotopic (exact) mass is 295 g/mol. The van der Waals surface area contributed by atoms with Crippen LogP contribution in [-0.2, 0) is 11.4 Å². The highest BCUT2D eigenvalue weighted by molar-refractivity contribution is 7.89. The third-order valence-corrected chi connectivity index (χ3v) is 3.83. The molecule has 0 aliphatic carbocycles. The third-order valence-electron chi connectivity index (χ3n) is 2.56. The van der Waals surface area contributed by atoms with Crippen LogP contribution in [0, 0.1) is 5.82 Å². The standard InChI is InChI=1S/C12H16F3NO2S/c1-9(10-4-2-3-5-11(10)13)6-19(18)16-7-12(14,15)8-17/h2-5,9,16-17H,6-8H2,1H3. The van der Waals surface area contributed by atoms with E-state index in [9.17, 15) is 17.7 Å². The fourth-order valence-corrected chi connectivity index (χ4v) is 2.62. The van der Waals surface area contributed by atoms with Crippen molar-refractivity contribution in [3.05, 3.63) is 35.6 Å². The second kappa shape index (κ2) is 7.14. The van der Waals surface area contributed by atoms with Gasteiger partial charge < -0.3 is 9.66 Å². The second-order valence-corrected chi connectivity index (χ2v) is 5.58. The molecule has 1 aromatic carbocycles. The van der Waals surface area contributed by atoms with Crippen LogP contribution >= 0.6 is 0 Å². The van der Waals surface area contributed by atoms with Crippen LogP contribution in [0.2, 0.25) is 0 Å². The van der Waals surface area contributed by atoms with Gasteiger partial charge in [0.25, 0.3) is 5.92 Å². The Hall–Kier alpha value is -0.760. The number of halogens is 3. The van der Waals surface area contributed by atoms with Crippen molar-refractivity contribution in [1.82, 2.24) is 4.72 Å². The van der Waals surface area contributed by atoms with Gasteiger partial charge in [0.05, 0.1) is 0 Å². The number of hydrogen-bond acceptors (Lipinski definition) is 3. The van der Waals surface area contributed by atoms with Crippen LogP contribution in [-0.4, -0.2) is 34.5 Å². The van der Waals surface area contributed by atoms with Gasteiger partial charge in [-0.25, -0.2) is 13.2 Å². The minimum absolute atomic E-state index is 0.0163. The molecule has 7 heteroatoms. The molecule has 108 valence electrons. The van der Waals surface area contributed by atoms with Crippen LogP contribution < -0.4 is 4.72 Å². The molecule has 0 aromatic heterocycles. The number of hydrogen-bond donors (Lipinski definition) is 2. The Kier molecular flexibility index (Phi) is 6.12. The molecular weight excluding hydrogens is 279 g/mol. The van der Waals surface area contributed by atoms with Crippen molar-refractivity contribution in [3.63, 3.8) is 0 Å². The molecule has 2 unspecified atom stereocenters. The van der Waals surface area contributed by atoms with Crippen LogP contribution in [0.25, 0.3) is 0 Å². The average molecular weight is 295 g/mol. The number of benzene rings is 1. The summed E-state index contributed by atoms with van der Waals surface area (Å²) in [5.74, 6) is -4.07. The van der Waals surface area contributed by atoms with E-state index in [-0.39, 0.29) is 11.7 Å². The normalized spacial score (nSPS) is 15.3. The molecular formula is C12H16F3NO2S. The summed E-state index contributed by atoms with van der Waals surface area (Å²) in [6.45, 7) is -0.512. The van der Waals surface area contributed by atoms with Crippen molar-refractivity contribution in [2.45, 2.75) is 18.8 Å². The first kappa shape index (κ1) is 16.3. The molecule has 0 saturated heterocycles. The van der Waals surface area contributed by atoms with E-state index in [0.717, 1.165) is 0 Å². The van der Waals surface area contributed by atoms with Crippen molar-refractivity contribution in [1.29, 1.82) is 0 Å². The summed E-state index contributed by atoms with van der Waals surface area (Å²) in [5.41, 5.74) is 0.395. The molecule has 19 heavy (non-hydrogen) atoms. The zero-order valence-corrected chi connectivity index (χ0v) is 11.2. The van der Waals surface area contributed by atoms with Crippen LogP contribution in [0.4, 0.5) is 13.2 Å². The van der Waals surface area contributed by atoms with E-state index in [1.165, 1.54) is 6.07 Å². The highest BCUT2D eigenvalue weighted by atomic mass is 32.2. The van der Waals surface area contributed by atoms with Gasteiger partial charge in [-0.2, -0.15) is 0 Å². The van der Waals surface area contributed by atoms with Gasteiger partial charge in [0, 0.05) is 17.3 Å². The first-order chi connectivity index (χ1) is 8.85. The van der Waals surface area contributed by atoms with Gasteiger partial charge in [0.1, 0.15) is 24.7 Å². The lowest BCUT2D eigenvalue weighted by Crippen LogP contribution is -2.40. The fraction of sp³-hybridized carbons (Fsp3) is 0.500. The number of alkyl halides is 2. The van der Waals surface area contributed by atoms with Crippen LogP contribution in [0.1, 0.15) is 18.4 Å². The number of rotatable bonds is 7. The van der Waals surface area contributed by atoms with E-state index >= 15 is 0 Å². The molecule has 0 fully saturated rings. The van der Waals surface area contributed by atoms with Gasteiger partial charge in [-0.15, -0.1) is 4.72 Å². The van der Waals surface area contributed by atoms with E-state index < -0.39 is 36.3 Å². The van der Waals surface area contributed by atoms with Crippen molar-refractivity contribution in [2.24, 2.45) is 0 Å². The Morgan fingerprint density at radius 2 is 2.05 bits per heavy atom. The molecule has 0 bridgehead atoms. The predicted molar refractivity (Wildman–Crippen MR) is 67.9 cm³/mol. The lowest BCUT2D eigenvalue weighted by molar-refractivity contribution is -0.0437. The predicted octanol–water partition coefficient (Wildman–Crippen LogP) is 1.81. The maximum atomic E-state index is 13.4. The van der Waals surface area contributed by atoms with Gasteiger partial charge >= 0.3 is 0 Å². The summed E-state index contributed by atoms with van der Waals surface area (Å²) in [5, 5.41) is 8.36. The summed E-state index contributed by atoms with van der Waals surface area (Å²) in [6, 6.07) is 6.06. The summed E-state index contributed by atoms with van der Waals surface area (Å²) in [4.78, 5) is 0. The summed E-state index contributed by atoms with van der Waals surface area (Å²) in [7, 11) is 0. The lowest BCUT2D eigenvalue weighted by Gasteiger charge is -2.19. The molecule has 2 N–H and O–H groups in total. The van der Waals surface area contributed by atoms with Crippen molar-refractivity contribution >= 4 is 11.4 Å². The Morgan fingerprint density at radius 1 is 1.42 bits per heavy atom. The van der Waals surface area contributed by atoms with E-state index in [0.29, 0.717) is 5.56 Å². The van der Waals surface area contributed by atoms with Gasteiger partial charge in [0.15, 0.2) is 0 Å². The minimum Gasteiger partial charge on any atom is -0.598 e. The molecule has 0 saturated carbocycles. The SMILES string of the molecule is CC(C[S+]([O-])NCC(F)(F)CO)c1ccccc1F. The van der Waals surface area contributed by atoms with Crippen molar-refractivity contribution in [3.8, 4) is 0 Å². The third kappa shape index (κ3) is 5.40. The smallest absolute Gasteiger partial charge is 0.287 e. The number of aliphatic hydroxyl groups is 1. The van der Waals surface area contributed by atoms with Crippen LogP contribution in [0.5, 0.6) is 0 Å². The summed E-state index contributed by atoms with van der Waals surface area (Å²) >= 11 is -1.71. The zero-order valence-electron chi connectivity index (χ0n) is 10.4. The topological polar surface area (TPSA) is 55.3 Å². The molecule has 0 heterocycles. The molecule has 0 radical (unpaired) electrons. The van der Waals surface area contributed by atoms with Crippen molar-refractivity contribution in [2.75, 3.05) is 18.9 Å². The first-order valence-corrected chi connectivity index (χ1v) is 7.02. The number of aliphatic hydroxyl groups excluding tert-OH is 1. The summed E-state index contributed by atoms with van der Waals surface area (Å²) < 4.78 is 52.6. The largest absolute Gasteiger partial charge is 0.598 e. The zero-order chi connectivity index (χ0) is 14.5. The molecule has 0 amide bonds. The fourth-order valence-electron chi connectivity index (χ4n) is 1.49. The van der Waals surface area contributed by atoms with E-state index in [1.807, 2.05) is 0 Å². The van der Waals surface area contributed by atoms with Gasteiger partial charge in [-0.05, 0) is 11.6 Å².